The van der Waals surface area contributed by atoms with E-state index in [0.29, 0.717) is 6.42 Å². The number of aliphatic hydroxyl groups excluding tert-OH is 1. The Morgan fingerprint density at radius 1 is 1.15 bits per heavy atom. The Morgan fingerprint density at radius 3 is 2.80 bits per heavy atom. The molecule has 0 saturated carbocycles. The molecule has 0 unspecified atom stereocenters. The van der Waals surface area contributed by atoms with Crippen LogP contribution in [0, 0.1) is 0 Å². The lowest BCUT2D eigenvalue weighted by atomic mass is 10.0. The van der Waals surface area contributed by atoms with E-state index in [0.717, 1.165) is 21.6 Å². The van der Waals surface area contributed by atoms with E-state index in [2.05, 4.69) is 27.4 Å². The summed E-state index contributed by atoms with van der Waals surface area (Å²) in [6.45, 7) is 0.129. The molecular formula is C15H15N3OS. The molecule has 0 aliphatic heterocycles. The fraction of sp³-hybridized carbons (Fsp3) is 0.200. The van der Waals surface area contributed by atoms with E-state index < -0.39 is 0 Å². The van der Waals surface area contributed by atoms with Crippen molar-refractivity contribution in [1.29, 1.82) is 0 Å². The molecule has 1 aromatic carbocycles. The number of fused-ring (bicyclic) bond motifs is 1. The van der Waals surface area contributed by atoms with Gasteiger partial charge in [-0.2, -0.15) is 0 Å². The third kappa shape index (κ3) is 2.64. The van der Waals surface area contributed by atoms with Gasteiger partial charge in [0.15, 0.2) is 0 Å². The minimum absolute atomic E-state index is 0.0409. The van der Waals surface area contributed by atoms with Crippen molar-refractivity contribution in [3.8, 4) is 0 Å². The molecule has 102 valence electrons. The minimum atomic E-state index is 0.0409. The molecule has 0 aliphatic rings. The Kier molecular flexibility index (Phi) is 3.90. The van der Waals surface area contributed by atoms with Crippen molar-refractivity contribution in [3.63, 3.8) is 0 Å². The summed E-state index contributed by atoms with van der Waals surface area (Å²) in [5.74, 6) is 0.818. The van der Waals surface area contributed by atoms with Crippen LogP contribution >= 0.6 is 11.3 Å². The van der Waals surface area contributed by atoms with Crippen molar-refractivity contribution in [2.24, 2.45) is 0 Å². The summed E-state index contributed by atoms with van der Waals surface area (Å²) in [6, 6.07) is 12.2. The van der Waals surface area contributed by atoms with Gasteiger partial charge >= 0.3 is 0 Å². The SMILES string of the molecule is OCC[C@@H](Nc1ncnc2sccc12)c1ccccc1. The average Bonchev–Trinajstić information content (AvgIpc) is 2.97. The lowest BCUT2D eigenvalue weighted by molar-refractivity contribution is 0.280. The zero-order valence-corrected chi connectivity index (χ0v) is 11.7. The molecule has 0 amide bonds. The fourth-order valence-corrected chi connectivity index (χ4v) is 2.94. The van der Waals surface area contributed by atoms with E-state index in [-0.39, 0.29) is 12.6 Å². The summed E-state index contributed by atoms with van der Waals surface area (Å²) in [7, 11) is 0. The van der Waals surface area contributed by atoms with Crippen molar-refractivity contribution < 1.29 is 5.11 Å². The van der Waals surface area contributed by atoms with Gasteiger partial charge in [0.05, 0.1) is 11.4 Å². The van der Waals surface area contributed by atoms with Crippen LogP contribution in [0.2, 0.25) is 0 Å². The van der Waals surface area contributed by atoms with E-state index in [1.807, 2.05) is 29.6 Å². The fourth-order valence-electron chi connectivity index (χ4n) is 2.21. The Balaban J connectivity index is 1.92. The lowest BCUT2D eigenvalue weighted by Gasteiger charge is -2.19. The number of benzene rings is 1. The van der Waals surface area contributed by atoms with Crippen LogP contribution in [0.4, 0.5) is 5.82 Å². The van der Waals surface area contributed by atoms with Crippen molar-refractivity contribution in [3.05, 3.63) is 53.7 Å². The molecule has 3 aromatic rings. The number of aromatic nitrogens is 2. The van der Waals surface area contributed by atoms with Gasteiger partial charge in [0, 0.05) is 6.61 Å². The predicted molar refractivity (Wildman–Crippen MR) is 81.9 cm³/mol. The number of hydrogen-bond donors (Lipinski definition) is 2. The molecule has 0 spiro atoms. The van der Waals surface area contributed by atoms with E-state index in [1.165, 1.54) is 0 Å². The second kappa shape index (κ2) is 5.98. The standard InChI is InChI=1S/C15H15N3OS/c19-8-6-13(11-4-2-1-3-5-11)18-14-12-7-9-20-15(12)17-10-16-14/h1-5,7,9-10,13,19H,6,8H2,(H,16,17,18)/t13-/m1/s1. The van der Waals surface area contributed by atoms with Gasteiger partial charge < -0.3 is 10.4 Å². The van der Waals surface area contributed by atoms with Crippen LogP contribution in [0.5, 0.6) is 0 Å². The quantitative estimate of drug-likeness (QED) is 0.755. The average molecular weight is 285 g/mol. The highest BCUT2D eigenvalue weighted by Gasteiger charge is 2.13. The van der Waals surface area contributed by atoms with Gasteiger partial charge in [0.1, 0.15) is 17.0 Å². The molecule has 4 nitrogen and oxygen atoms in total. The van der Waals surface area contributed by atoms with Gasteiger partial charge in [-0.15, -0.1) is 11.3 Å². The molecule has 0 radical (unpaired) electrons. The maximum absolute atomic E-state index is 9.28. The number of hydrogen-bond acceptors (Lipinski definition) is 5. The molecule has 0 saturated heterocycles. The predicted octanol–water partition coefficient (Wildman–Crippen LogP) is 3.23. The summed E-state index contributed by atoms with van der Waals surface area (Å²) < 4.78 is 0. The topological polar surface area (TPSA) is 58.0 Å². The molecule has 2 aromatic heterocycles. The molecule has 2 heterocycles. The van der Waals surface area contributed by atoms with Gasteiger partial charge in [-0.25, -0.2) is 9.97 Å². The second-order valence-electron chi connectivity index (χ2n) is 4.48. The smallest absolute Gasteiger partial charge is 0.138 e. The van der Waals surface area contributed by atoms with Gasteiger partial charge in [0.2, 0.25) is 0 Å². The van der Waals surface area contributed by atoms with Gasteiger partial charge in [-0.1, -0.05) is 30.3 Å². The first-order valence-electron chi connectivity index (χ1n) is 6.49. The first-order chi connectivity index (χ1) is 9.88. The van der Waals surface area contributed by atoms with Crippen molar-refractivity contribution in [2.75, 3.05) is 11.9 Å². The van der Waals surface area contributed by atoms with E-state index in [9.17, 15) is 5.11 Å². The zero-order chi connectivity index (χ0) is 13.8. The van der Waals surface area contributed by atoms with Crippen molar-refractivity contribution in [2.45, 2.75) is 12.5 Å². The van der Waals surface area contributed by atoms with Crippen LogP contribution in [0.1, 0.15) is 18.0 Å². The third-order valence-corrected chi connectivity index (χ3v) is 4.01. The number of aliphatic hydroxyl groups is 1. The Morgan fingerprint density at radius 2 is 2.00 bits per heavy atom. The van der Waals surface area contributed by atoms with E-state index in [1.54, 1.807) is 17.7 Å². The van der Waals surface area contributed by atoms with Crippen LogP contribution in [-0.2, 0) is 0 Å². The van der Waals surface area contributed by atoms with Crippen molar-refractivity contribution >= 4 is 27.4 Å². The molecule has 3 rings (SSSR count). The van der Waals surface area contributed by atoms with Crippen LogP contribution in [-0.4, -0.2) is 21.7 Å². The van der Waals surface area contributed by atoms with Gasteiger partial charge in [-0.05, 0) is 23.4 Å². The number of anilines is 1. The summed E-state index contributed by atoms with van der Waals surface area (Å²) in [6.07, 6.45) is 2.21. The normalized spacial score (nSPS) is 12.4. The summed E-state index contributed by atoms with van der Waals surface area (Å²) in [4.78, 5) is 9.55. The minimum Gasteiger partial charge on any atom is -0.396 e. The Hall–Kier alpha value is -1.98. The van der Waals surface area contributed by atoms with Crippen LogP contribution in [0.3, 0.4) is 0 Å². The van der Waals surface area contributed by atoms with Crippen molar-refractivity contribution in [1.82, 2.24) is 9.97 Å². The maximum atomic E-state index is 9.28. The van der Waals surface area contributed by atoms with Crippen LogP contribution in [0.25, 0.3) is 10.2 Å². The summed E-state index contributed by atoms with van der Waals surface area (Å²) in [5.41, 5.74) is 1.14. The molecule has 2 N–H and O–H groups in total. The summed E-state index contributed by atoms with van der Waals surface area (Å²) in [5, 5.41) is 15.7. The highest BCUT2D eigenvalue weighted by Crippen LogP contribution is 2.28. The molecule has 0 bridgehead atoms. The summed E-state index contributed by atoms with van der Waals surface area (Å²) >= 11 is 1.60. The van der Waals surface area contributed by atoms with Crippen LogP contribution in [0.15, 0.2) is 48.1 Å². The number of nitrogens with zero attached hydrogens (tertiary/aromatic N) is 2. The molecule has 0 aliphatic carbocycles. The molecular weight excluding hydrogens is 270 g/mol. The maximum Gasteiger partial charge on any atom is 0.138 e. The number of nitrogens with one attached hydrogen (secondary N) is 1. The Labute approximate surface area is 121 Å². The van der Waals surface area contributed by atoms with Gasteiger partial charge in [-0.3, -0.25) is 0 Å². The molecule has 0 fully saturated rings. The molecule has 20 heavy (non-hydrogen) atoms. The largest absolute Gasteiger partial charge is 0.396 e. The number of thiophene rings is 1. The lowest BCUT2D eigenvalue weighted by Crippen LogP contribution is -2.13. The van der Waals surface area contributed by atoms with Crippen LogP contribution < -0.4 is 5.32 Å². The van der Waals surface area contributed by atoms with E-state index in [4.69, 9.17) is 0 Å². The number of rotatable bonds is 5. The first-order valence-corrected chi connectivity index (χ1v) is 7.37. The first kappa shape index (κ1) is 13.0. The second-order valence-corrected chi connectivity index (χ2v) is 5.38. The highest BCUT2D eigenvalue weighted by molar-refractivity contribution is 7.16. The molecule has 5 heteroatoms. The zero-order valence-electron chi connectivity index (χ0n) is 10.9. The third-order valence-electron chi connectivity index (χ3n) is 3.19. The monoisotopic (exact) mass is 285 g/mol. The van der Waals surface area contributed by atoms with Gasteiger partial charge in [0.25, 0.3) is 0 Å². The van der Waals surface area contributed by atoms with E-state index >= 15 is 0 Å². The Bertz CT molecular complexity index is 684. The highest BCUT2D eigenvalue weighted by atomic mass is 32.1. The molecule has 1 atom stereocenters.